The van der Waals surface area contributed by atoms with Crippen LogP contribution in [0.25, 0.3) is 0 Å². The van der Waals surface area contributed by atoms with Crippen LogP contribution in [0, 0.1) is 5.92 Å². The van der Waals surface area contributed by atoms with Gasteiger partial charge in [-0.3, -0.25) is 0 Å². The summed E-state index contributed by atoms with van der Waals surface area (Å²) < 4.78 is 33.6. The molecule has 0 aromatic heterocycles. The van der Waals surface area contributed by atoms with Crippen molar-refractivity contribution in [2.75, 3.05) is 0 Å². The minimum Gasteiger partial charge on any atom is -0.387 e. The van der Waals surface area contributed by atoms with Crippen molar-refractivity contribution in [3.8, 4) is 0 Å². The van der Waals surface area contributed by atoms with Gasteiger partial charge in [0.2, 0.25) is 0 Å². The molecule has 2 unspecified atom stereocenters. The molecule has 7 heteroatoms. The molecule has 4 aliphatic heterocycles. The van der Waals surface area contributed by atoms with Crippen molar-refractivity contribution >= 4 is 0 Å². The standard InChI is InChI=1S/C10H18O3.C9H16O4/c1-5-7-6(2)8-9(11-7)13-10(3,4)12-8;1-4-5-6(10)7-8(11-5)13-9(2,3)12-7/h6-9H,5H2,1-4H3;5-8,10H,4H2,1-3H3/t6-,7-,8?,9-;5-,6-,7?,8-/m11/s1. The summed E-state index contributed by atoms with van der Waals surface area (Å²) in [5, 5.41) is 9.76. The molecule has 0 radical (unpaired) electrons. The van der Waals surface area contributed by atoms with E-state index in [1.54, 1.807) is 0 Å². The van der Waals surface area contributed by atoms with Gasteiger partial charge in [0.1, 0.15) is 18.3 Å². The maximum Gasteiger partial charge on any atom is 0.190 e. The van der Waals surface area contributed by atoms with Crippen molar-refractivity contribution in [3.05, 3.63) is 0 Å². The SMILES string of the molecule is CC[C@H]1O[C@@H]2OC(C)(C)OC2[C@@H]1C.CC[C@H]1O[C@@H]2OC(C)(C)OC2[C@@H]1O. The number of aliphatic hydroxyl groups excluding tert-OH is 1. The highest BCUT2D eigenvalue weighted by molar-refractivity contribution is 4.92. The first kappa shape index (κ1) is 20.5. The molecule has 4 saturated heterocycles. The van der Waals surface area contributed by atoms with Crippen molar-refractivity contribution in [2.24, 2.45) is 5.92 Å². The molecule has 4 heterocycles. The molecule has 4 aliphatic rings. The van der Waals surface area contributed by atoms with Gasteiger partial charge < -0.3 is 33.5 Å². The number of hydrogen-bond donors (Lipinski definition) is 1. The first-order valence-electron chi connectivity index (χ1n) is 9.77. The number of ether oxygens (including phenoxy) is 6. The molecule has 4 fully saturated rings. The Hall–Kier alpha value is -0.280. The van der Waals surface area contributed by atoms with Gasteiger partial charge in [0, 0.05) is 5.92 Å². The monoisotopic (exact) mass is 374 g/mol. The average Bonchev–Trinajstić information content (AvgIpc) is 3.20. The van der Waals surface area contributed by atoms with E-state index in [1.807, 2.05) is 34.6 Å². The molecule has 0 aliphatic carbocycles. The van der Waals surface area contributed by atoms with Gasteiger partial charge in [0.05, 0.1) is 12.2 Å². The summed E-state index contributed by atoms with van der Waals surface area (Å²) in [5.41, 5.74) is 0. The Balaban J connectivity index is 0.000000151. The molecule has 1 N–H and O–H groups in total. The summed E-state index contributed by atoms with van der Waals surface area (Å²) in [4.78, 5) is 0. The summed E-state index contributed by atoms with van der Waals surface area (Å²) in [6, 6.07) is 0. The zero-order valence-electron chi connectivity index (χ0n) is 16.9. The lowest BCUT2D eigenvalue weighted by atomic mass is 9.99. The number of hydrogen-bond acceptors (Lipinski definition) is 7. The predicted octanol–water partition coefficient (Wildman–Crippen LogP) is 2.54. The zero-order valence-corrected chi connectivity index (χ0v) is 16.9. The van der Waals surface area contributed by atoms with Gasteiger partial charge in [-0.15, -0.1) is 0 Å². The zero-order chi connectivity index (χ0) is 19.3. The molecule has 0 aromatic carbocycles. The van der Waals surface area contributed by atoms with E-state index in [0.717, 1.165) is 12.8 Å². The quantitative estimate of drug-likeness (QED) is 0.796. The third-order valence-corrected chi connectivity index (χ3v) is 5.42. The van der Waals surface area contributed by atoms with E-state index < -0.39 is 24.0 Å². The second kappa shape index (κ2) is 7.28. The van der Waals surface area contributed by atoms with Gasteiger partial charge in [-0.1, -0.05) is 20.8 Å². The van der Waals surface area contributed by atoms with Gasteiger partial charge in [-0.25, -0.2) is 0 Å². The molecule has 0 spiro atoms. The van der Waals surface area contributed by atoms with Crippen molar-refractivity contribution in [2.45, 2.75) is 116 Å². The van der Waals surface area contributed by atoms with Crippen LogP contribution in [0.2, 0.25) is 0 Å². The summed E-state index contributed by atoms with van der Waals surface area (Å²) in [5.74, 6) is -0.658. The summed E-state index contributed by atoms with van der Waals surface area (Å²) in [6.45, 7) is 13.8. The molecule has 0 bridgehead atoms. The number of fused-ring (bicyclic) bond motifs is 2. The molecule has 4 rings (SSSR count). The fourth-order valence-corrected chi connectivity index (χ4v) is 4.09. The molecule has 8 atom stereocenters. The Morgan fingerprint density at radius 3 is 1.65 bits per heavy atom. The van der Waals surface area contributed by atoms with Crippen molar-refractivity contribution in [1.29, 1.82) is 0 Å². The smallest absolute Gasteiger partial charge is 0.190 e. The fourth-order valence-electron chi connectivity index (χ4n) is 4.09. The Morgan fingerprint density at radius 1 is 0.731 bits per heavy atom. The largest absolute Gasteiger partial charge is 0.387 e. The third kappa shape index (κ3) is 3.94. The van der Waals surface area contributed by atoms with E-state index in [2.05, 4.69) is 13.8 Å². The van der Waals surface area contributed by atoms with E-state index in [1.165, 1.54) is 0 Å². The first-order valence-corrected chi connectivity index (χ1v) is 9.77. The van der Waals surface area contributed by atoms with Crippen LogP contribution in [0.4, 0.5) is 0 Å². The highest BCUT2D eigenvalue weighted by atomic mass is 16.8. The molecular formula is C19H34O7. The molecule has 0 aromatic rings. The minimum absolute atomic E-state index is 0.125. The lowest BCUT2D eigenvalue weighted by Gasteiger charge is -2.22. The van der Waals surface area contributed by atoms with Gasteiger partial charge in [-0.2, -0.15) is 0 Å². The van der Waals surface area contributed by atoms with Crippen molar-refractivity contribution in [3.63, 3.8) is 0 Å². The predicted molar refractivity (Wildman–Crippen MR) is 93.1 cm³/mol. The van der Waals surface area contributed by atoms with Crippen molar-refractivity contribution in [1.82, 2.24) is 0 Å². The van der Waals surface area contributed by atoms with Gasteiger partial charge in [0.25, 0.3) is 0 Å². The van der Waals surface area contributed by atoms with Crippen LogP contribution in [0.3, 0.4) is 0 Å². The summed E-state index contributed by atoms with van der Waals surface area (Å²) in [6.07, 6.45) is 0.668. The third-order valence-electron chi connectivity index (χ3n) is 5.42. The lowest BCUT2D eigenvalue weighted by molar-refractivity contribution is -0.214. The number of aliphatic hydroxyl groups is 1. The van der Waals surface area contributed by atoms with E-state index in [-0.39, 0.29) is 24.6 Å². The minimum atomic E-state index is -0.630. The van der Waals surface area contributed by atoms with E-state index in [0.29, 0.717) is 12.0 Å². The second-order valence-corrected chi connectivity index (χ2v) is 8.45. The van der Waals surface area contributed by atoms with Crippen LogP contribution in [0.1, 0.15) is 61.3 Å². The first-order chi connectivity index (χ1) is 12.1. The maximum atomic E-state index is 9.76. The van der Waals surface area contributed by atoms with Gasteiger partial charge >= 0.3 is 0 Å². The van der Waals surface area contributed by atoms with E-state index in [4.69, 9.17) is 28.4 Å². The Kier molecular flexibility index (Phi) is 5.72. The Labute approximate surface area is 156 Å². The average molecular weight is 374 g/mol. The number of rotatable bonds is 2. The van der Waals surface area contributed by atoms with Gasteiger partial charge in [-0.05, 0) is 40.5 Å². The molecule has 26 heavy (non-hydrogen) atoms. The highest BCUT2D eigenvalue weighted by Crippen LogP contribution is 2.41. The van der Waals surface area contributed by atoms with Crippen LogP contribution >= 0.6 is 0 Å². The Morgan fingerprint density at radius 2 is 1.19 bits per heavy atom. The Bertz CT molecular complexity index is 450. The second-order valence-electron chi connectivity index (χ2n) is 8.45. The lowest BCUT2D eigenvalue weighted by Crippen LogP contribution is -2.34. The topological polar surface area (TPSA) is 75.6 Å². The fraction of sp³-hybridized carbons (Fsp3) is 1.00. The van der Waals surface area contributed by atoms with Crippen LogP contribution in [-0.2, 0) is 28.4 Å². The van der Waals surface area contributed by atoms with Crippen LogP contribution < -0.4 is 0 Å². The molecule has 152 valence electrons. The van der Waals surface area contributed by atoms with Crippen LogP contribution in [0.15, 0.2) is 0 Å². The van der Waals surface area contributed by atoms with Crippen molar-refractivity contribution < 1.29 is 33.5 Å². The van der Waals surface area contributed by atoms with Gasteiger partial charge in [0.15, 0.2) is 24.2 Å². The summed E-state index contributed by atoms with van der Waals surface area (Å²) in [7, 11) is 0. The maximum absolute atomic E-state index is 9.76. The van der Waals surface area contributed by atoms with E-state index >= 15 is 0 Å². The molecular weight excluding hydrogens is 340 g/mol. The summed E-state index contributed by atoms with van der Waals surface area (Å²) >= 11 is 0. The molecule has 0 saturated carbocycles. The normalized spacial score (nSPS) is 48.0. The molecule has 7 nitrogen and oxygen atoms in total. The highest BCUT2D eigenvalue weighted by Gasteiger charge is 2.54. The van der Waals surface area contributed by atoms with E-state index in [9.17, 15) is 5.11 Å². The molecule has 0 amide bonds. The van der Waals surface area contributed by atoms with Crippen LogP contribution in [-0.4, -0.2) is 59.8 Å². The van der Waals surface area contributed by atoms with Crippen LogP contribution in [0.5, 0.6) is 0 Å².